The fourth-order valence-electron chi connectivity index (χ4n) is 2.42. The van der Waals surface area contributed by atoms with Crippen molar-refractivity contribution in [2.24, 2.45) is 5.92 Å². The minimum absolute atomic E-state index is 0.540. The van der Waals surface area contributed by atoms with Gasteiger partial charge in [-0.15, -0.1) is 0 Å². The smallest absolute Gasteiger partial charge is 0.0562 e. The Morgan fingerprint density at radius 2 is 2.41 bits per heavy atom. The Bertz CT molecular complexity index is 367. The molecule has 2 rings (SSSR count). The number of nitrogens with one attached hydrogen (secondary N) is 1. The number of hydrogen-bond acceptors (Lipinski definition) is 2. The molecule has 0 aromatic carbocycles. The SMILES string of the molecule is CCC1CCNC(/C=C/c2cnn(CC)c2)C1. The molecule has 1 aromatic heterocycles. The van der Waals surface area contributed by atoms with Gasteiger partial charge in [0.1, 0.15) is 0 Å². The maximum Gasteiger partial charge on any atom is 0.0562 e. The Morgan fingerprint density at radius 1 is 1.53 bits per heavy atom. The van der Waals surface area contributed by atoms with Crippen LogP contribution in [0.4, 0.5) is 0 Å². The van der Waals surface area contributed by atoms with Gasteiger partial charge in [0.05, 0.1) is 6.20 Å². The van der Waals surface area contributed by atoms with Crippen LogP contribution in [0.15, 0.2) is 18.5 Å². The highest BCUT2D eigenvalue weighted by Crippen LogP contribution is 2.20. The van der Waals surface area contributed by atoms with Crippen molar-refractivity contribution in [1.29, 1.82) is 0 Å². The average molecular weight is 233 g/mol. The third-order valence-electron chi connectivity index (χ3n) is 3.62. The van der Waals surface area contributed by atoms with Gasteiger partial charge in [0.25, 0.3) is 0 Å². The quantitative estimate of drug-likeness (QED) is 0.866. The summed E-state index contributed by atoms with van der Waals surface area (Å²) < 4.78 is 1.96. The van der Waals surface area contributed by atoms with Gasteiger partial charge in [0, 0.05) is 24.3 Å². The van der Waals surface area contributed by atoms with Gasteiger partial charge in [-0.25, -0.2) is 0 Å². The third kappa shape index (κ3) is 3.43. The molecule has 1 saturated heterocycles. The summed E-state index contributed by atoms with van der Waals surface area (Å²) in [6.07, 6.45) is 12.4. The summed E-state index contributed by atoms with van der Waals surface area (Å²) in [6.45, 7) is 6.49. The second kappa shape index (κ2) is 6.01. The molecule has 1 aromatic rings. The van der Waals surface area contributed by atoms with Crippen molar-refractivity contribution in [2.45, 2.75) is 45.7 Å². The van der Waals surface area contributed by atoms with Gasteiger partial charge < -0.3 is 5.32 Å². The molecule has 2 heterocycles. The van der Waals surface area contributed by atoms with E-state index >= 15 is 0 Å². The van der Waals surface area contributed by atoms with Crippen LogP contribution in [0.3, 0.4) is 0 Å². The van der Waals surface area contributed by atoms with Crippen molar-refractivity contribution in [3.63, 3.8) is 0 Å². The summed E-state index contributed by atoms with van der Waals surface area (Å²) in [4.78, 5) is 0. The molecule has 3 heteroatoms. The first-order chi connectivity index (χ1) is 8.31. The molecule has 0 radical (unpaired) electrons. The van der Waals surface area contributed by atoms with E-state index in [-0.39, 0.29) is 0 Å². The lowest BCUT2D eigenvalue weighted by molar-refractivity contribution is 0.326. The summed E-state index contributed by atoms with van der Waals surface area (Å²) in [6, 6.07) is 0.540. The summed E-state index contributed by atoms with van der Waals surface area (Å²) in [5, 5.41) is 7.83. The predicted octanol–water partition coefficient (Wildman–Crippen LogP) is 2.69. The molecule has 1 N–H and O–H groups in total. The van der Waals surface area contributed by atoms with Crippen molar-refractivity contribution in [3.8, 4) is 0 Å². The zero-order chi connectivity index (χ0) is 12.1. The number of aryl methyl sites for hydroxylation is 1. The van der Waals surface area contributed by atoms with Crippen molar-refractivity contribution >= 4 is 6.08 Å². The van der Waals surface area contributed by atoms with Crippen LogP contribution in [0, 0.1) is 5.92 Å². The largest absolute Gasteiger partial charge is 0.310 e. The van der Waals surface area contributed by atoms with Crippen LogP contribution < -0.4 is 5.32 Å². The van der Waals surface area contributed by atoms with Crippen molar-refractivity contribution < 1.29 is 0 Å². The molecule has 0 saturated carbocycles. The summed E-state index contributed by atoms with van der Waals surface area (Å²) >= 11 is 0. The van der Waals surface area contributed by atoms with Crippen LogP contribution in [-0.2, 0) is 6.54 Å². The molecule has 1 aliphatic rings. The van der Waals surface area contributed by atoms with Crippen molar-refractivity contribution in [2.75, 3.05) is 6.54 Å². The van der Waals surface area contributed by atoms with Gasteiger partial charge in [-0.3, -0.25) is 4.68 Å². The highest BCUT2D eigenvalue weighted by Gasteiger charge is 2.17. The number of nitrogens with zero attached hydrogens (tertiary/aromatic N) is 2. The zero-order valence-electron chi connectivity index (χ0n) is 10.9. The number of aromatic nitrogens is 2. The van der Waals surface area contributed by atoms with Crippen LogP contribution in [0.2, 0.25) is 0 Å². The minimum Gasteiger partial charge on any atom is -0.310 e. The predicted molar refractivity (Wildman–Crippen MR) is 71.7 cm³/mol. The van der Waals surface area contributed by atoms with Crippen LogP contribution >= 0.6 is 0 Å². The number of piperidine rings is 1. The Kier molecular flexibility index (Phi) is 4.37. The van der Waals surface area contributed by atoms with Gasteiger partial charge in [0.2, 0.25) is 0 Å². The molecule has 3 nitrogen and oxygen atoms in total. The van der Waals surface area contributed by atoms with Gasteiger partial charge in [-0.05, 0) is 32.2 Å². The standard InChI is InChI=1S/C14H23N3/c1-3-12-7-8-15-14(9-12)6-5-13-10-16-17(4-2)11-13/h5-6,10-12,14-15H,3-4,7-9H2,1-2H3/b6-5+. The van der Waals surface area contributed by atoms with Gasteiger partial charge in [-0.2, -0.15) is 5.10 Å². The normalized spacial score (nSPS) is 25.5. The fourth-order valence-corrected chi connectivity index (χ4v) is 2.42. The lowest BCUT2D eigenvalue weighted by Gasteiger charge is -2.27. The van der Waals surface area contributed by atoms with Crippen LogP contribution in [-0.4, -0.2) is 22.4 Å². The monoisotopic (exact) mass is 233 g/mol. The molecule has 0 bridgehead atoms. The summed E-state index contributed by atoms with van der Waals surface area (Å²) in [5.41, 5.74) is 1.20. The van der Waals surface area contributed by atoms with Crippen LogP contribution in [0.25, 0.3) is 6.08 Å². The third-order valence-corrected chi connectivity index (χ3v) is 3.62. The second-order valence-corrected chi connectivity index (χ2v) is 4.85. The molecule has 1 aliphatic heterocycles. The van der Waals surface area contributed by atoms with Crippen LogP contribution in [0.5, 0.6) is 0 Å². The molecule has 94 valence electrons. The number of hydrogen-bond donors (Lipinski definition) is 1. The van der Waals surface area contributed by atoms with Crippen molar-refractivity contribution in [1.82, 2.24) is 15.1 Å². The first-order valence-electron chi connectivity index (χ1n) is 6.75. The van der Waals surface area contributed by atoms with Crippen LogP contribution in [0.1, 0.15) is 38.7 Å². The Balaban J connectivity index is 1.91. The molecular formula is C14H23N3. The first kappa shape index (κ1) is 12.4. The van der Waals surface area contributed by atoms with E-state index in [4.69, 9.17) is 0 Å². The van der Waals surface area contributed by atoms with E-state index in [0.29, 0.717) is 6.04 Å². The lowest BCUT2D eigenvalue weighted by Crippen LogP contribution is -2.36. The fraction of sp³-hybridized carbons (Fsp3) is 0.643. The van der Waals surface area contributed by atoms with E-state index in [2.05, 4.69) is 42.6 Å². The van der Waals surface area contributed by atoms with Crippen molar-refractivity contribution in [3.05, 3.63) is 24.0 Å². The Labute approximate surface area is 104 Å². The molecule has 0 spiro atoms. The van der Waals surface area contributed by atoms with E-state index in [9.17, 15) is 0 Å². The molecular weight excluding hydrogens is 210 g/mol. The van der Waals surface area contributed by atoms with E-state index in [1.54, 1.807) is 0 Å². The summed E-state index contributed by atoms with van der Waals surface area (Å²) in [7, 11) is 0. The lowest BCUT2D eigenvalue weighted by atomic mass is 9.90. The minimum atomic E-state index is 0.540. The van der Waals surface area contributed by atoms with Gasteiger partial charge >= 0.3 is 0 Å². The molecule has 0 aliphatic carbocycles. The maximum atomic E-state index is 4.27. The molecule has 2 unspecified atom stereocenters. The number of rotatable bonds is 4. The van der Waals surface area contributed by atoms with Gasteiger partial charge in [0.15, 0.2) is 0 Å². The molecule has 2 atom stereocenters. The zero-order valence-corrected chi connectivity index (χ0v) is 10.9. The second-order valence-electron chi connectivity index (χ2n) is 4.85. The Morgan fingerprint density at radius 3 is 3.12 bits per heavy atom. The summed E-state index contributed by atoms with van der Waals surface area (Å²) in [5.74, 6) is 0.893. The van der Waals surface area contributed by atoms with Gasteiger partial charge in [-0.1, -0.05) is 25.5 Å². The molecule has 1 fully saturated rings. The van der Waals surface area contributed by atoms with E-state index in [0.717, 1.165) is 19.0 Å². The Hall–Kier alpha value is -1.09. The maximum absolute atomic E-state index is 4.27. The van der Waals surface area contributed by atoms with E-state index < -0.39 is 0 Å². The molecule has 17 heavy (non-hydrogen) atoms. The first-order valence-corrected chi connectivity index (χ1v) is 6.75. The van der Waals surface area contributed by atoms with E-state index in [1.165, 1.54) is 24.8 Å². The van der Waals surface area contributed by atoms with E-state index in [1.807, 2.05) is 10.9 Å². The highest BCUT2D eigenvalue weighted by molar-refractivity contribution is 5.47. The average Bonchev–Trinajstić information content (AvgIpc) is 2.84. The molecule has 0 amide bonds. The highest BCUT2D eigenvalue weighted by atomic mass is 15.3. The topological polar surface area (TPSA) is 29.9 Å².